The monoisotopic (exact) mass is 470 g/mol. The van der Waals surface area contributed by atoms with Crippen LogP contribution in [0, 0.1) is 26.6 Å². The molecule has 182 valence electrons. The molecule has 9 heteroatoms. The molecule has 0 spiro atoms. The van der Waals surface area contributed by atoms with Gasteiger partial charge in [0.2, 0.25) is 0 Å². The molecule has 2 saturated heterocycles. The zero-order valence-electron chi connectivity index (χ0n) is 20.0. The SMILES string of the molecule is Cc1cc(NC(=O)c2c(C)c(C(=O)C(=O)NC3CCN(C4COC4)CC3)n(C)c2C)ccc1F. The van der Waals surface area contributed by atoms with Crippen molar-refractivity contribution in [2.45, 2.75) is 45.7 Å². The summed E-state index contributed by atoms with van der Waals surface area (Å²) < 4.78 is 20.4. The van der Waals surface area contributed by atoms with Crippen molar-refractivity contribution in [1.29, 1.82) is 0 Å². The molecule has 2 fully saturated rings. The first-order valence-electron chi connectivity index (χ1n) is 11.6. The normalized spacial score (nSPS) is 17.3. The van der Waals surface area contributed by atoms with E-state index < -0.39 is 17.6 Å². The molecule has 1 aromatic carbocycles. The third-order valence-corrected chi connectivity index (χ3v) is 7.00. The molecule has 0 bridgehead atoms. The summed E-state index contributed by atoms with van der Waals surface area (Å²) >= 11 is 0. The Morgan fingerprint density at radius 2 is 1.76 bits per heavy atom. The molecule has 0 aliphatic carbocycles. The maximum absolute atomic E-state index is 13.6. The van der Waals surface area contributed by atoms with Crippen LogP contribution >= 0.6 is 0 Å². The van der Waals surface area contributed by atoms with E-state index in [-0.39, 0.29) is 17.6 Å². The van der Waals surface area contributed by atoms with Crippen LogP contribution < -0.4 is 10.6 Å². The van der Waals surface area contributed by atoms with Gasteiger partial charge in [-0.15, -0.1) is 0 Å². The van der Waals surface area contributed by atoms with Gasteiger partial charge in [-0.25, -0.2) is 4.39 Å². The van der Waals surface area contributed by atoms with Gasteiger partial charge in [0.05, 0.1) is 30.5 Å². The number of ether oxygens (including phenoxy) is 1. The molecule has 2 aliphatic heterocycles. The summed E-state index contributed by atoms with van der Waals surface area (Å²) in [6.45, 7) is 8.26. The Bertz CT molecular complexity index is 1130. The van der Waals surface area contributed by atoms with Crippen molar-refractivity contribution in [1.82, 2.24) is 14.8 Å². The van der Waals surface area contributed by atoms with Crippen LogP contribution in [0.1, 0.15) is 50.5 Å². The Morgan fingerprint density at radius 3 is 2.35 bits per heavy atom. The van der Waals surface area contributed by atoms with Crippen molar-refractivity contribution in [2.24, 2.45) is 7.05 Å². The molecule has 34 heavy (non-hydrogen) atoms. The van der Waals surface area contributed by atoms with E-state index in [1.165, 1.54) is 12.1 Å². The Kier molecular flexibility index (Phi) is 6.86. The predicted molar refractivity (Wildman–Crippen MR) is 126 cm³/mol. The summed E-state index contributed by atoms with van der Waals surface area (Å²) in [5, 5.41) is 5.64. The van der Waals surface area contributed by atoms with Crippen LogP contribution in [-0.2, 0) is 16.6 Å². The maximum Gasteiger partial charge on any atom is 0.294 e. The van der Waals surface area contributed by atoms with E-state index in [4.69, 9.17) is 4.74 Å². The minimum Gasteiger partial charge on any atom is -0.378 e. The number of carbonyl (C=O) groups excluding carboxylic acids is 3. The summed E-state index contributed by atoms with van der Waals surface area (Å²) in [6.07, 6.45) is 1.57. The lowest BCUT2D eigenvalue weighted by atomic mass is 10.0. The zero-order valence-corrected chi connectivity index (χ0v) is 20.0. The predicted octanol–water partition coefficient (Wildman–Crippen LogP) is 2.50. The second-order valence-corrected chi connectivity index (χ2v) is 9.22. The highest BCUT2D eigenvalue weighted by Crippen LogP contribution is 2.24. The highest BCUT2D eigenvalue weighted by molar-refractivity contribution is 6.43. The third kappa shape index (κ3) is 4.63. The van der Waals surface area contributed by atoms with E-state index in [9.17, 15) is 18.8 Å². The van der Waals surface area contributed by atoms with Crippen molar-refractivity contribution < 1.29 is 23.5 Å². The molecule has 3 heterocycles. The maximum atomic E-state index is 13.6. The molecule has 2 amide bonds. The van der Waals surface area contributed by atoms with E-state index >= 15 is 0 Å². The Balaban J connectivity index is 1.44. The minimum atomic E-state index is -0.658. The summed E-state index contributed by atoms with van der Waals surface area (Å²) in [7, 11) is 1.67. The third-order valence-electron chi connectivity index (χ3n) is 7.00. The van der Waals surface area contributed by atoms with Gasteiger partial charge in [-0.1, -0.05) is 0 Å². The molecule has 2 aliphatic rings. The molecule has 4 rings (SSSR count). The largest absolute Gasteiger partial charge is 0.378 e. The van der Waals surface area contributed by atoms with E-state index in [1.54, 1.807) is 38.5 Å². The quantitative estimate of drug-likeness (QED) is 0.500. The van der Waals surface area contributed by atoms with Crippen LogP contribution in [0.15, 0.2) is 18.2 Å². The number of benzene rings is 1. The number of likely N-dealkylation sites (tertiary alicyclic amines) is 1. The number of rotatable bonds is 6. The first-order valence-corrected chi connectivity index (χ1v) is 11.6. The van der Waals surface area contributed by atoms with Crippen molar-refractivity contribution in [3.05, 3.63) is 52.1 Å². The van der Waals surface area contributed by atoms with Crippen LogP contribution in [0.25, 0.3) is 0 Å². The number of halogens is 1. The lowest BCUT2D eigenvalue weighted by Crippen LogP contribution is -2.54. The summed E-state index contributed by atoms with van der Waals surface area (Å²) in [4.78, 5) is 41.3. The summed E-state index contributed by atoms with van der Waals surface area (Å²) in [6, 6.07) is 4.73. The average Bonchev–Trinajstić information content (AvgIpc) is 2.98. The smallest absolute Gasteiger partial charge is 0.294 e. The van der Waals surface area contributed by atoms with Gasteiger partial charge in [-0.3, -0.25) is 19.3 Å². The molecule has 0 atom stereocenters. The van der Waals surface area contributed by atoms with Crippen LogP contribution in [-0.4, -0.2) is 65.5 Å². The number of carbonyl (C=O) groups is 3. The lowest BCUT2D eigenvalue weighted by molar-refractivity contribution is -0.118. The van der Waals surface area contributed by atoms with Gasteiger partial charge in [-0.2, -0.15) is 0 Å². The van der Waals surface area contributed by atoms with Crippen LogP contribution in [0.5, 0.6) is 0 Å². The van der Waals surface area contributed by atoms with Crippen molar-refractivity contribution >= 4 is 23.3 Å². The van der Waals surface area contributed by atoms with E-state index in [0.29, 0.717) is 34.1 Å². The number of ketones is 1. The number of hydrogen-bond acceptors (Lipinski definition) is 5. The fraction of sp³-hybridized carbons (Fsp3) is 0.480. The van der Waals surface area contributed by atoms with E-state index in [1.807, 2.05) is 0 Å². The number of nitrogens with zero attached hydrogens (tertiary/aromatic N) is 2. The van der Waals surface area contributed by atoms with Crippen LogP contribution in [0.2, 0.25) is 0 Å². The van der Waals surface area contributed by atoms with Crippen molar-refractivity contribution in [3.63, 3.8) is 0 Å². The Labute approximate surface area is 198 Å². The van der Waals surface area contributed by atoms with Gasteiger partial charge >= 0.3 is 0 Å². The molecule has 2 N–H and O–H groups in total. The topological polar surface area (TPSA) is 92.7 Å². The van der Waals surface area contributed by atoms with Gasteiger partial charge < -0.3 is 19.9 Å². The Morgan fingerprint density at radius 1 is 1.09 bits per heavy atom. The molecule has 2 aromatic rings. The molecular weight excluding hydrogens is 439 g/mol. The van der Waals surface area contributed by atoms with E-state index in [2.05, 4.69) is 15.5 Å². The molecular formula is C25H31FN4O4. The van der Waals surface area contributed by atoms with Gasteiger partial charge in [0, 0.05) is 37.6 Å². The molecule has 0 saturated carbocycles. The number of Topliss-reactive ketones (excluding diaryl/α,β-unsaturated/α-hetero) is 1. The second-order valence-electron chi connectivity index (χ2n) is 9.22. The summed E-state index contributed by atoms with van der Waals surface area (Å²) in [5.41, 5.74) is 2.41. The molecule has 8 nitrogen and oxygen atoms in total. The number of hydrogen-bond donors (Lipinski definition) is 2. The molecule has 0 radical (unpaired) electrons. The zero-order chi connectivity index (χ0) is 24.6. The number of aromatic nitrogens is 1. The minimum absolute atomic E-state index is 0.0557. The first kappa shape index (κ1) is 24.1. The lowest BCUT2D eigenvalue weighted by Gasteiger charge is -2.41. The van der Waals surface area contributed by atoms with Gasteiger partial charge in [0.25, 0.3) is 17.6 Å². The standard InChI is InChI=1S/C25H31FN4O4/c1-14-11-18(5-6-20(14)26)28-24(32)21-15(2)22(29(4)16(21)3)23(31)25(33)27-17-7-9-30(10-8-17)19-12-34-13-19/h5-6,11,17,19H,7-10,12-13H2,1-4H3,(H,27,33)(H,28,32). The highest BCUT2D eigenvalue weighted by atomic mass is 19.1. The summed E-state index contributed by atoms with van der Waals surface area (Å²) in [5.74, 6) is -2.08. The number of amides is 2. The average molecular weight is 471 g/mol. The van der Waals surface area contributed by atoms with Crippen molar-refractivity contribution in [2.75, 3.05) is 31.6 Å². The first-order chi connectivity index (χ1) is 16.2. The number of nitrogens with one attached hydrogen (secondary N) is 2. The van der Waals surface area contributed by atoms with Crippen LogP contribution in [0.4, 0.5) is 10.1 Å². The second kappa shape index (κ2) is 9.68. The number of aryl methyl sites for hydroxylation is 1. The molecule has 1 aromatic heterocycles. The fourth-order valence-corrected chi connectivity index (χ4v) is 4.75. The van der Waals surface area contributed by atoms with E-state index in [0.717, 1.165) is 39.1 Å². The Hall–Kier alpha value is -3.04. The van der Waals surface area contributed by atoms with Gasteiger partial charge in [-0.05, 0) is 62.9 Å². The van der Waals surface area contributed by atoms with Gasteiger partial charge in [0.15, 0.2) is 0 Å². The number of anilines is 1. The van der Waals surface area contributed by atoms with Gasteiger partial charge in [0.1, 0.15) is 5.82 Å². The molecule has 0 unspecified atom stereocenters. The highest BCUT2D eigenvalue weighted by Gasteiger charge is 2.33. The van der Waals surface area contributed by atoms with Crippen molar-refractivity contribution in [3.8, 4) is 0 Å². The van der Waals surface area contributed by atoms with Crippen LogP contribution in [0.3, 0.4) is 0 Å². The number of piperidine rings is 1. The fourth-order valence-electron chi connectivity index (χ4n) is 4.75.